The predicted octanol–water partition coefficient (Wildman–Crippen LogP) is 5.82. The second-order valence-electron chi connectivity index (χ2n) is 11.1. The lowest BCUT2D eigenvalue weighted by molar-refractivity contribution is 0.101. The van der Waals surface area contributed by atoms with Gasteiger partial charge >= 0.3 is 0 Å². The molecule has 0 spiro atoms. The van der Waals surface area contributed by atoms with Crippen LogP contribution in [0, 0.1) is 13.8 Å². The summed E-state index contributed by atoms with van der Waals surface area (Å²) in [5.41, 5.74) is 4.14. The zero-order chi connectivity index (χ0) is 36.0. The molecule has 0 saturated carbocycles. The number of thioether (sulfide) groups is 1. The van der Waals surface area contributed by atoms with Crippen LogP contribution >= 0.6 is 11.8 Å². The van der Waals surface area contributed by atoms with Gasteiger partial charge in [-0.05, 0) is 74.5 Å². The molecular weight excluding hydrogens is 681 g/mol. The minimum atomic E-state index is -4.02. The highest BCUT2D eigenvalue weighted by Gasteiger charge is 2.26. The Labute approximate surface area is 291 Å². The number of aryl methyl sites for hydroxylation is 2. The molecule has 0 amide bonds. The van der Waals surface area contributed by atoms with E-state index >= 15 is 0 Å². The lowest BCUT2D eigenvalue weighted by atomic mass is 10.1. The summed E-state index contributed by atoms with van der Waals surface area (Å²) in [6, 6.07) is 22.7. The summed E-state index contributed by atoms with van der Waals surface area (Å²) >= 11 is 1.32. The van der Waals surface area contributed by atoms with Gasteiger partial charge in [-0.2, -0.15) is 0 Å². The van der Waals surface area contributed by atoms with E-state index in [2.05, 4.69) is 9.97 Å². The number of Topliss-reactive ketones (excluding diaryl/α,β-unsaturated/α-hetero) is 2. The second kappa shape index (κ2) is 15.1. The van der Waals surface area contributed by atoms with E-state index in [9.17, 15) is 38.4 Å². The van der Waals surface area contributed by atoms with Gasteiger partial charge < -0.3 is 20.4 Å². The molecular formula is C36H32N4O8S2. The number of phenolic OH excluding ortho intramolecular Hbond substituents is 4. The Kier molecular flexibility index (Phi) is 10.7. The zero-order valence-corrected chi connectivity index (χ0v) is 28.5. The minimum Gasteiger partial charge on any atom is -0.504 e. The molecule has 4 aromatic carbocycles. The maximum atomic E-state index is 12.7. The van der Waals surface area contributed by atoms with Gasteiger partial charge in [0.1, 0.15) is 5.75 Å². The predicted molar refractivity (Wildman–Crippen MR) is 188 cm³/mol. The SMILES string of the molecule is Cc1ccc(-n2ccnc2S(=O)(=O)CC(=O)c2ccc(O)c(O)c2)cc1.Cc1ccc(-n2ccnc2SCC(=O)c2ccc(O)c(O)c2)cc1. The largest absolute Gasteiger partial charge is 0.504 e. The number of aromatic hydroxyl groups is 4. The normalized spacial score (nSPS) is 11.1. The molecule has 0 unspecified atom stereocenters. The smallest absolute Gasteiger partial charge is 0.232 e. The van der Waals surface area contributed by atoms with Crippen molar-refractivity contribution in [3.05, 3.63) is 132 Å². The van der Waals surface area contributed by atoms with Crippen LogP contribution in [0.5, 0.6) is 23.0 Å². The monoisotopic (exact) mass is 712 g/mol. The van der Waals surface area contributed by atoms with E-state index in [0.717, 1.165) is 28.5 Å². The van der Waals surface area contributed by atoms with Gasteiger partial charge in [-0.25, -0.2) is 18.4 Å². The Hall–Kier alpha value is -5.86. The third kappa shape index (κ3) is 8.40. The van der Waals surface area contributed by atoms with Crippen molar-refractivity contribution in [3.63, 3.8) is 0 Å². The lowest BCUT2D eigenvalue weighted by Gasteiger charge is -2.09. The summed E-state index contributed by atoms with van der Waals surface area (Å²) in [6.07, 6.45) is 6.40. The highest BCUT2D eigenvalue weighted by molar-refractivity contribution is 7.99. The van der Waals surface area contributed by atoms with Crippen molar-refractivity contribution in [2.75, 3.05) is 11.5 Å². The van der Waals surface area contributed by atoms with Crippen molar-refractivity contribution in [1.29, 1.82) is 0 Å². The fraction of sp³-hybridized carbons (Fsp3) is 0.111. The number of carbonyl (C=O) groups excluding carboxylic acids is 2. The maximum absolute atomic E-state index is 12.7. The van der Waals surface area contributed by atoms with Gasteiger partial charge in [0.25, 0.3) is 0 Å². The lowest BCUT2D eigenvalue weighted by Crippen LogP contribution is -2.19. The highest BCUT2D eigenvalue weighted by Crippen LogP contribution is 2.28. The number of nitrogens with zero attached hydrogens (tertiary/aromatic N) is 4. The van der Waals surface area contributed by atoms with Crippen molar-refractivity contribution in [2.24, 2.45) is 0 Å². The Morgan fingerprint density at radius 3 is 1.66 bits per heavy atom. The van der Waals surface area contributed by atoms with Crippen LogP contribution in [0.15, 0.2) is 120 Å². The topological polar surface area (TPSA) is 185 Å². The number of hydrogen-bond acceptors (Lipinski definition) is 11. The third-order valence-corrected chi connectivity index (χ3v) is 9.83. The first-order valence-corrected chi connectivity index (χ1v) is 17.6. The number of phenols is 4. The van der Waals surface area contributed by atoms with Crippen molar-refractivity contribution in [3.8, 4) is 34.4 Å². The summed E-state index contributed by atoms with van der Waals surface area (Å²) in [5.74, 6) is -2.89. The Morgan fingerprint density at radius 1 is 0.640 bits per heavy atom. The molecule has 4 N–H and O–H groups in total. The number of aromatic nitrogens is 4. The Balaban J connectivity index is 0.000000195. The van der Waals surface area contributed by atoms with Gasteiger partial charge in [0.15, 0.2) is 39.7 Å². The number of sulfone groups is 1. The van der Waals surface area contributed by atoms with Gasteiger partial charge in [0, 0.05) is 47.3 Å². The molecule has 0 saturated heterocycles. The van der Waals surface area contributed by atoms with Crippen LogP contribution in [0.1, 0.15) is 31.8 Å². The molecule has 0 fully saturated rings. The molecule has 0 atom stereocenters. The molecule has 0 bridgehead atoms. The second-order valence-corrected chi connectivity index (χ2v) is 14.0. The molecule has 6 rings (SSSR count). The van der Waals surface area contributed by atoms with E-state index in [0.29, 0.717) is 11.3 Å². The average Bonchev–Trinajstić information content (AvgIpc) is 3.78. The average molecular weight is 713 g/mol. The summed E-state index contributed by atoms with van der Waals surface area (Å²) in [6.45, 7) is 3.94. The number of benzene rings is 4. The number of rotatable bonds is 10. The molecule has 50 heavy (non-hydrogen) atoms. The molecule has 0 aliphatic rings. The van der Waals surface area contributed by atoms with Crippen molar-refractivity contribution in [2.45, 2.75) is 24.2 Å². The molecule has 12 nitrogen and oxygen atoms in total. The number of hydrogen-bond donors (Lipinski definition) is 4. The van der Waals surface area contributed by atoms with Crippen LogP contribution in [-0.4, -0.2) is 71.0 Å². The van der Waals surface area contributed by atoms with E-state index in [1.54, 1.807) is 18.3 Å². The minimum absolute atomic E-state index is 0.0164. The highest BCUT2D eigenvalue weighted by atomic mass is 32.2. The van der Waals surface area contributed by atoms with E-state index in [4.69, 9.17) is 0 Å². The molecule has 0 aliphatic carbocycles. The van der Waals surface area contributed by atoms with E-state index in [1.807, 2.05) is 61.0 Å². The standard InChI is InChI=1S/C18H16N2O5S.C18H16N2O3S/c1-12-2-5-14(6-3-12)20-9-8-19-18(20)26(24,25)11-17(23)13-4-7-15(21)16(22)10-13;1-12-2-5-14(6-3-12)20-9-8-19-18(20)24-11-17(23)13-4-7-15(21)16(22)10-13/h2-10,21-22H,11H2,1H3;2-10,21-22H,11H2,1H3. The van der Waals surface area contributed by atoms with Crippen molar-refractivity contribution >= 4 is 33.2 Å². The fourth-order valence-electron chi connectivity index (χ4n) is 4.65. The first-order valence-electron chi connectivity index (χ1n) is 15.0. The summed E-state index contributed by atoms with van der Waals surface area (Å²) in [4.78, 5) is 32.7. The summed E-state index contributed by atoms with van der Waals surface area (Å²) in [7, 11) is -4.02. The zero-order valence-electron chi connectivity index (χ0n) is 26.8. The molecule has 2 aromatic heterocycles. The van der Waals surface area contributed by atoms with Gasteiger partial charge in [-0.15, -0.1) is 0 Å². The van der Waals surface area contributed by atoms with E-state index < -0.39 is 27.1 Å². The van der Waals surface area contributed by atoms with Crippen LogP contribution in [0.3, 0.4) is 0 Å². The maximum Gasteiger partial charge on any atom is 0.232 e. The molecule has 0 radical (unpaired) electrons. The Bertz CT molecular complexity index is 2260. The van der Waals surface area contributed by atoms with Gasteiger partial charge in [0.05, 0.1) is 5.75 Å². The first-order chi connectivity index (χ1) is 23.8. The van der Waals surface area contributed by atoms with Crippen molar-refractivity contribution in [1.82, 2.24) is 19.1 Å². The van der Waals surface area contributed by atoms with E-state index in [-0.39, 0.29) is 39.5 Å². The van der Waals surface area contributed by atoms with Crippen molar-refractivity contribution < 1.29 is 38.4 Å². The van der Waals surface area contributed by atoms with Crippen LogP contribution < -0.4 is 0 Å². The van der Waals surface area contributed by atoms with Gasteiger partial charge in [-0.3, -0.25) is 18.7 Å². The molecule has 14 heteroatoms. The third-order valence-electron chi connectivity index (χ3n) is 7.36. The van der Waals surface area contributed by atoms with Crippen LogP contribution in [-0.2, 0) is 9.84 Å². The molecule has 2 heterocycles. The summed E-state index contributed by atoms with van der Waals surface area (Å²) in [5, 5.41) is 38.1. The summed E-state index contributed by atoms with van der Waals surface area (Å²) < 4.78 is 28.7. The van der Waals surface area contributed by atoms with Gasteiger partial charge in [-0.1, -0.05) is 47.2 Å². The number of ketones is 2. The quantitative estimate of drug-likeness (QED) is 0.0763. The number of imidazole rings is 2. The molecule has 0 aliphatic heterocycles. The van der Waals surface area contributed by atoms with Crippen LogP contribution in [0.4, 0.5) is 0 Å². The van der Waals surface area contributed by atoms with E-state index in [1.165, 1.54) is 58.6 Å². The molecule has 6 aromatic rings. The van der Waals surface area contributed by atoms with Crippen LogP contribution in [0.2, 0.25) is 0 Å². The number of carbonyl (C=O) groups is 2. The van der Waals surface area contributed by atoms with Crippen LogP contribution in [0.25, 0.3) is 11.4 Å². The fourth-order valence-corrected chi connectivity index (χ4v) is 6.84. The first kappa shape index (κ1) is 35.4. The Morgan fingerprint density at radius 2 is 1.12 bits per heavy atom. The van der Waals surface area contributed by atoms with Gasteiger partial charge in [0.2, 0.25) is 15.0 Å². The molecule has 256 valence electrons.